The van der Waals surface area contributed by atoms with Gasteiger partial charge in [0.1, 0.15) is 16.4 Å². The molecule has 128 valence electrons. The van der Waals surface area contributed by atoms with Gasteiger partial charge in [-0.1, -0.05) is 35.5 Å². The molecule has 0 spiro atoms. The third kappa shape index (κ3) is 4.15. The Hall–Kier alpha value is -2.02. The molecule has 0 aliphatic carbocycles. The van der Waals surface area contributed by atoms with Gasteiger partial charge in [0, 0.05) is 9.90 Å². The van der Waals surface area contributed by atoms with Crippen LogP contribution in [-0.4, -0.2) is 22.7 Å². The van der Waals surface area contributed by atoms with Gasteiger partial charge in [-0.15, -0.1) is 11.3 Å². The number of thiophene rings is 1. The number of nitrogens with zero attached hydrogens (tertiary/aromatic N) is 1. The molecule has 25 heavy (non-hydrogen) atoms. The van der Waals surface area contributed by atoms with Crippen LogP contribution in [0.5, 0.6) is 0 Å². The second-order valence-corrected chi connectivity index (χ2v) is 7.41. The van der Waals surface area contributed by atoms with E-state index in [2.05, 4.69) is 4.99 Å². The number of halogens is 1. The zero-order valence-electron chi connectivity index (χ0n) is 13.2. The highest BCUT2D eigenvalue weighted by Crippen LogP contribution is 2.40. The van der Waals surface area contributed by atoms with E-state index in [1.165, 1.54) is 11.8 Å². The highest BCUT2D eigenvalue weighted by Gasteiger charge is 2.33. The summed E-state index contributed by atoms with van der Waals surface area (Å²) in [7, 11) is 0. The number of hydrogen-bond donors (Lipinski definition) is 1. The minimum atomic E-state index is -0.595. The van der Waals surface area contributed by atoms with Crippen LogP contribution in [0.25, 0.3) is 6.08 Å². The Balaban J connectivity index is 2.04. The van der Waals surface area contributed by atoms with Crippen LogP contribution in [0.3, 0.4) is 0 Å². The number of carbonyl (C=O) groups is 1. The third-order valence-corrected chi connectivity index (χ3v) is 5.30. The Morgan fingerprint density at radius 3 is 2.88 bits per heavy atom. The third-order valence-electron chi connectivity index (χ3n) is 3.23. The fraction of sp³-hybridized carbons (Fsp3) is 0.111. The minimum absolute atomic E-state index is 0.0784. The first kappa shape index (κ1) is 17.8. The number of aliphatic imine (C=N–C) groups is 1. The number of thioether (sulfide) groups is 1. The number of aliphatic hydroxyl groups is 1. The summed E-state index contributed by atoms with van der Waals surface area (Å²) < 4.78 is 5.07. The molecule has 0 amide bonds. The molecule has 3 rings (SSSR count). The van der Waals surface area contributed by atoms with E-state index in [4.69, 9.17) is 16.3 Å². The smallest absolute Gasteiger partial charge is 0.344 e. The molecule has 2 heterocycles. The molecule has 0 bridgehead atoms. The number of carbonyl (C=O) groups excluding carboxylic acids is 1. The van der Waals surface area contributed by atoms with E-state index in [1.54, 1.807) is 42.5 Å². The minimum Gasteiger partial charge on any atom is -0.506 e. The fourth-order valence-corrected chi connectivity index (χ4v) is 4.10. The number of aliphatic hydroxyl groups excluding tert-OH is 1. The molecule has 1 aromatic heterocycles. The summed E-state index contributed by atoms with van der Waals surface area (Å²) in [5.41, 5.74) is 0.677. The normalized spacial score (nSPS) is 17.5. The van der Waals surface area contributed by atoms with Crippen LogP contribution >= 0.6 is 34.7 Å². The molecule has 0 unspecified atom stereocenters. The van der Waals surface area contributed by atoms with Crippen molar-refractivity contribution in [2.75, 3.05) is 6.61 Å². The Bertz CT molecular complexity index is 885. The monoisotopic (exact) mass is 391 g/mol. The first-order valence-electron chi connectivity index (χ1n) is 7.47. The molecular formula is C18H14ClNO3S2. The summed E-state index contributed by atoms with van der Waals surface area (Å²) in [5, 5.41) is 13.4. The van der Waals surface area contributed by atoms with E-state index in [0.717, 1.165) is 4.88 Å². The maximum absolute atomic E-state index is 12.3. The molecule has 2 aromatic rings. The van der Waals surface area contributed by atoms with Crippen molar-refractivity contribution in [2.24, 2.45) is 4.99 Å². The van der Waals surface area contributed by atoms with E-state index in [9.17, 15) is 9.90 Å². The molecule has 1 N–H and O–H groups in total. The van der Waals surface area contributed by atoms with Gasteiger partial charge in [0.25, 0.3) is 0 Å². The average molecular weight is 392 g/mol. The molecular weight excluding hydrogens is 378 g/mol. The molecule has 1 aliphatic rings. The van der Waals surface area contributed by atoms with Crippen LogP contribution in [0, 0.1) is 0 Å². The van der Waals surface area contributed by atoms with Crippen LogP contribution < -0.4 is 0 Å². The van der Waals surface area contributed by atoms with Crippen LogP contribution in [0.1, 0.15) is 11.8 Å². The Labute approximate surface area is 158 Å². The van der Waals surface area contributed by atoms with Gasteiger partial charge in [0.2, 0.25) is 0 Å². The van der Waals surface area contributed by atoms with Gasteiger partial charge in [-0.25, -0.2) is 9.79 Å². The molecule has 0 radical (unpaired) electrons. The van der Waals surface area contributed by atoms with Crippen molar-refractivity contribution >= 4 is 57.5 Å². The molecule has 7 heteroatoms. The summed E-state index contributed by atoms with van der Waals surface area (Å²) in [5.74, 6) is -0.708. The van der Waals surface area contributed by atoms with Gasteiger partial charge in [-0.2, -0.15) is 0 Å². The van der Waals surface area contributed by atoms with Gasteiger partial charge in [-0.05, 0) is 42.6 Å². The Kier molecular flexibility index (Phi) is 5.63. The summed E-state index contributed by atoms with van der Waals surface area (Å²) in [6.07, 6.45) is 1.82. The van der Waals surface area contributed by atoms with E-state index in [1.807, 2.05) is 23.6 Å². The quantitative estimate of drug-likeness (QED) is 0.689. The van der Waals surface area contributed by atoms with E-state index >= 15 is 0 Å². The van der Waals surface area contributed by atoms with Crippen LogP contribution in [0.4, 0.5) is 5.69 Å². The lowest BCUT2D eigenvalue weighted by Crippen LogP contribution is -2.12. The molecule has 1 aliphatic heterocycles. The molecule has 0 saturated heterocycles. The second kappa shape index (κ2) is 7.91. The number of esters is 1. The van der Waals surface area contributed by atoms with Crippen LogP contribution in [0.2, 0.25) is 5.02 Å². The largest absolute Gasteiger partial charge is 0.506 e. The van der Waals surface area contributed by atoms with Gasteiger partial charge < -0.3 is 9.84 Å². The fourth-order valence-electron chi connectivity index (χ4n) is 2.16. The SMILES string of the molecule is CCOC(=O)C1=C(O)/C(=C/c2cccs2)SC1=Nc1cccc(Cl)c1. The van der Waals surface area contributed by atoms with Crippen molar-refractivity contribution < 1.29 is 14.6 Å². The van der Waals surface area contributed by atoms with Gasteiger partial charge in [0.05, 0.1) is 17.2 Å². The molecule has 0 saturated carbocycles. The highest BCUT2D eigenvalue weighted by atomic mass is 35.5. The lowest BCUT2D eigenvalue weighted by molar-refractivity contribution is -0.138. The van der Waals surface area contributed by atoms with Crippen molar-refractivity contribution in [3.05, 3.63) is 67.9 Å². The summed E-state index contributed by atoms with van der Waals surface area (Å²) in [6.45, 7) is 1.93. The number of rotatable bonds is 4. The lowest BCUT2D eigenvalue weighted by Gasteiger charge is -2.04. The number of hydrogen-bond acceptors (Lipinski definition) is 6. The van der Waals surface area contributed by atoms with Gasteiger partial charge in [-0.3, -0.25) is 0 Å². The van der Waals surface area contributed by atoms with Crippen molar-refractivity contribution in [1.29, 1.82) is 0 Å². The molecule has 1 aromatic carbocycles. The number of ether oxygens (including phenoxy) is 1. The van der Waals surface area contributed by atoms with E-state index in [-0.39, 0.29) is 17.9 Å². The van der Waals surface area contributed by atoms with E-state index < -0.39 is 5.97 Å². The molecule has 0 atom stereocenters. The van der Waals surface area contributed by atoms with Gasteiger partial charge >= 0.3 is 5.97 Å². The van der Waals surface area contributed by atoms with E-state index in [0.29, 0.717) is 20.7 Å². The highest BCUT2D eigenvalue weighted by molar-refractivity contribution is 8.18. The topological polar surface area (TPSA) is 58.9 Å². The maximum Gasteiger partial charge on any atom is 0.344 e. The molecule has 0 fully saturated rings. The second-order valence-electron chi connectivity index (χ2n) is 4.97. The van der Waals surface area contributed by atoms with Crippen LogP contribution in [0.15, 0.2) is 63.0 Å². The zero-order chi connectivity index (χ0) is 17.8. The van der Waals surface area contributed by atoms with Crippen molar-refractivity contribution in [1.82, 2.24) is 0 Å². The first-order chi connectivity index (χ1) is 12.1. The predicted molar refractivity (Wildman–Crippen MR) is 105 cm³/mol. The first-order valence-corrected chi connectivity index (χ1v) is 9.54. The van der Waals surface area contributed by atoms with Crippen molar-refractivity contribution in [2.45, 2.75) is 6.92 Å². The Morgan fingerprint density at radius 2 is 2.20 bits per heavy atom. The van der Waals surface area contributed by atoms with Crippen LogP contribution in [-0.2, 0) is 9.53 Å². The predicted octanol–water partition coefficient (Wildman–Crippen LogP) is 5.59. The summed E-state index contributed by atoms with van der Waals surface area (Å²) in [4.78, 5) is 18.3. The zero-order valence-corrected chi connectivity index (χ0v) is 15.6. The summed E-state index contributed by atoms with van der Waals surface area (Å²) >= 11 is 8.76. The Morgan fingerprint density at radius 1 is 1.36 bits per heavy atom. The lowest BCUT2D eigenvalue weighted by atomic mass is 10.2. The standard InChI is InChI=1S/C18H14ClNO3S2/c1-2-23-18(22)15-16(21)14(10-13-7-4-8-24-13)25-17(15)20-12-6-3-5-11(19)9-12/h3-10,21H,2H2,1H3/b14-10-,20-17?. The maximum atomic E-state index is 12.3. The van der Waals surface area contributed by atoms with Gasteiger partial charge in [0.15, 0.2) is 0 Å². The number of benzene rings is 1. The summed E-state index contributed by atoms with van der Waals surface area (Å²) in [6, 6.07) is 10.8. The molecule has 4 nitrogen and oxygen atoms in total. The van der Waals surface area contributed by atoms with Crippen molar-refractivity contribution in [3.63, 3.8) is 0 Å². The average Bonchev–Trinajstić information content (AvgIpc) is 3.17. The van der Waals surface area contributed by atoms with Crippen molar-refractivity contribution in [3.8, 4) is 0 Å².